The highest BCUT2D eigenvalue weighted by atomic mass is 79.9. The molecule has 0 spiro atoms. The Morgan fingerprint density at radius 1 is 1.24 bits per heavy atom. The standard InChI is InChI=1S/C22H30BrN5O/c1-3-27(4-2)21-9-8-17(13-24-21)14-25-22(29)26-15-18-10-11-28(16-18)20-7-5-6-19(23)12-20/h5-9,12-13,18H,3-4,10-11,14-16H2,1-2H3,(H2,25,26,29). The van der Waals surface area contributed by atoms with Crippen LogP contribution in [0.4, 0.5) is 16.3 Å². The monoisotopic (exact) mass is 459 g/mol. The summed E-state index contributed by atoms with van der Waals surface area (Å²) in [4.78, 5) is 21.2. The van der Waals surface area contributed by atoms with E-state index in [1.807, 2.05) is 24.4 Å². The minimum Gasteiger partial charge on any atom is -0.371 e. The number of nitrogens with zero attached hydrogens (tertiary/aromatic N) is 3. The minimum atomic E-state index is -0.126. The molecule has 2 N–H and O–H groups in total. The number of halogens is 1. The molecule has 156 valence electrons. The molecule has 1 aromatic heterocycles. The van der Waals surface area contributed by atoms with Crippen LogP contribution in [0, 0.1) is 5.92 Å². The third-order valence-electron chi connectivity index (χ3n) is 5.36. The van der Waals surface area contributed by atoms with Gasteiger partial charge in [-0.2, -0.15) is 0 Å². The molecule has 2 heterocycles. The van der Waals surface area contributed by atoms with E-state index in [0.29, 0.717) is 19.0 Å². The number of carbonyl (C=O) groups is 1. The quantitative estimate of drug-likeness (QED) is 0.625. The van der Waals surface area contributed by atoms with Crippen molar-refractivity contribution in [3.8, 4) is 0 Å². The van der Waals surface area contributed by atoms with E-state index in [-0.39, 0.29) is 6.03 Å². The Morgan fingerprint density at radius 3 is 2.76 bits per heavy atom. The molecule has 0 aliphatic carbocycles. The molecule has 6 nitrogen and oxygen atoms in total. The van der Waals surface area contributed by atoms with Crippen LogP contribution in [-0.4, -0.2) is 43.7 Å². The number of urea groups is 1. The molecule has 1 saturated heterocycles. The Labute approximate surface area is 181 Å². The van der Waals surface area contributed by atoms with E-state index < -0.39 is 0 Å². The van der Waals surface area contributed by atoms with E-state index in [4.69, 9.17) is 0 Å². The predicted octanol–water partition coefficient (Wildman–Crippen LogP) is 4.02. The second-order valence-corrected chi connectivity index (χ2v) is 8.26. The molecule has 1 aliphatic heterocycles. The van der Waals surface area contributed by atoms with Crippen LogP contribution < -0.4 is 20.4 Å². The lowest BCUT2D eigenvalue weighted by molar-refractivity contribution is 0.239. The van der Waals surface area contributed by atoms with Gasteiger partial charge in [-0.05, 0) is 56.0 Å². The van der Waals surface area contributed by atoms with Crippen molar-refractivity contribution >= 4 is 33.5 Å². The van der Waals surface area contributed by atoms with Crippen LogP contribution in [-0.2, 0) is 6.54 Å². The number of rotatable bonds is 8. The lowest BCUT2D eigenvalue weighted by Crippen LogP contribution is -2.38. The number of pyridine rings is 1. The van der Waals surface area contributed by atoms with Crippen LogP contribution in [0.15, 0.2) is 47.1 Å². The predicted molar refractivity (Wildman–Crippen MR) is 122 cm³/mol. The van der Waals surface area contributed by atoms with Crippen molar-refractivity contribution in [2.24, 2.45) is 5.92 Å². The fourth-order valence-corrected chi connectivity index (χ4v) is 4.03. The van der Waals surface area contributed by atoms with Gasteiger partial charge < -0.3 is 20.4 Å². The lowest BCUT2D eigenvalue weighted by Gasteiger charge is -2.20. The average Bonchev–Trinajstić information content (AvgIpc) is 3.22. The Morgan fingerprint density at radius 2 is 2.07 bits per heavy atom. The maximum atomic E-state index is 12.2. The van der Waals surface area contributed by atoms with Crippen molar-refractivity contribution in [3.63, 3.8) is 0 Å². The second-order valence-electron chi connectivity index (χ2n) is 7.34. The van der Waals surface area contributed by atoms with Gasteiger partial charge in [0.25, 0.3) is 0 Å². The SMILES string of the molecule is CCN(CC)c1ccc(CNC(=O)NCC2CCN(c3cccc(Br)c3)C2)cn1. The van der Waals surface area contributed by atoms with Crippen LogP contribution in [0.25, 0.3) is 0 Å². The van der Waals surface area contributed by atoms with E-state index >= 15 is 0 Å². The molecular formula is C22H30BrN5O. The van der Waals surface area contributed by atoms with Gasteiger partial charge in [0.1, 0.15) is 5.82 Å². The van der Waals surface area contributed by atoms with E-state index in [9.17, 15) is 4.79 Å². The maximum Gasteiger partial charge on any atom is 0.315 e. The van der Waals surface area contributed by atoms with Crippen molar-refractivity contribution < 1.29 is 4.79 Å². The first-order chi connectivity index (χ1) is 14.1. The highest BCUT2D eigenvalue weighted by Crippen LogP contribution is 2.25. The Balaban J connectivity index is 1.39. The molecule has 7 heteroatoms. The fourth-order valence-electron chi connectivity index (χ4n) is 3.64. The molecule has 29 heavy (non-hydrogen) atoms. The Hall–Kier alpha value is -2.28. The smallest absolute Gasteiger partial charge is 0.315 e. The zero-order valence-electron chi connectivity index (χ0n) is 17.2. The van der Waals surface area contributed by atoms with Gasteiger partial charge in [-0.25, -0.2) is 9.78 Å². The zero-order chi connectivity index (χ0) is 20.6. The number of hydrogen-bond donors (Lipinski definition) is 2. The third kappa shape index (κ3) is 6.10. The number of aromatic nitrogens is 1. The van der Waals surface area contributed by atoms with Crippen LogP contribution >= 0.6 is 15.9 Å². The van der Waals surface area contributed by atoms with E-state index in [1.54, 1.807) is 0 Å². The van der Waals surface area contributed by atoms with Crippen molar-refractivity contribution in [2.45, 2.75) is 26.8 Å². The molecule has 3 rings (SSSR count). The van der Waals surface area contributed by atoms with Crippen molar-refractivity contribution in [1.82, 2.24) is 15.6 Å². The number of hydrogen-bond acceptors (Lipinski definition) is 4. The molecule has 0 radical (unpaired) electrons. The van der Waals surface area contributed by atoms with Gasteiger partial charge in [-0.3, -0.25) is 0 Å². The molecule has 1 unspecified atom stereocenters. The van der Waals surface area contributed by atoms with Gasteiger partial charge in [-0.1, -0.05) is 28.1 Å². The van der Waals surface area contributed by atoms with Crippen molar-refractivity contribution in [1.29, 1.82) is 0 Å². The van der Waals surface area contributed by atoms with Crippen LogP contribution in [0.5, 0.6) is 0 Å². The molecule has 1 fully saturated rings. The van der Waals surface area contributed by atoms with E-state index in [2.05, 4.69) is 73.4 Å². The first-order valence-corrected chi connectivity index (χ1v) is 11.1. The van der Waals surface area contributed by atoms with Crippen molar-refractivity contribution in [2.75, 3.05) is 42.5 Å². The lowest BCUT2D eigenvalue weighted by atomic mass is 10.1. The summed E-state index contributed by atoms with van der Waals surface area (Å²) in [7, 11) is 0. The molecule has 0 saturated carbocycles. The highest BCUT2D eigenvalue weighted by Gasteiger charge is 2.23. The summed E-state index contributed by atoms with van der Waals surface area (Å²) in [5, 5.41) is 5.94. The molecule has 2 aromatic rings. The van der Waals surface area contributed by atoms with Gasteiger partial charge in [-0.15, -0.1) is 0 Å². The summed E-state index contributed by atoms with van der Waals surface area (Å²) < 4.78 is 1.09. The summed E-state index contributed by atoms with van der Waals surface area (Å²) in [5.41, 5.74) is 2.23. The molecular weight excluding hydrogens is 430 g/mol. The Kier molecular flexibility index (Phi) is 7.75. The molecule has 0 bridgehead atoms. The van der Waals surface area contributed by atoms with Crippen LogP contribution in [0.1, 0.15) is 25.8 Å². The topological polar surface area (TPSA) is 60.5 Å². The number of anilines is 2. The highest BCUT2D eigenvalue weighted by molar-refractivity contribution is 9.10. The number of benzene rings is 1. The van der Waals surface area contributed by atoms with Crippen LogP contribution in [0.2, 0.25) is 0 Å². The normalized spacial score (nSPS) is 16.0. The largest absolute Gasteiger partial charge is 0.371 e. The average molecular weight is 460 g/mol. The first kappa shape index (κ1) is 21.4. The first-order valence-electron chi connectivity index (χ1n) is 10.3. The zero-order valence-corrected chi connectivity index (χ0v) is 18.8. The van der Waals surface area contributed by atoms with Crippen molar-refractivity contribution in [3.05, 3.63) is 52.6 Å². The molecule has 2 amide bonds. The van der Waals surface area contributed by atoms with Gasteiger partial charge in [0, 0.05) is 55.6 Å². The number of nitrogens with one attached hydrogen (secondary N) is 2. The minimum absolute atomic E-state index is 0.126. The van der Waals surface area contributed by atoms with Crippen LogP contribution in [0.3, 0.4) is 0 Å². The Bertz CT molecular complexity index is 794. The summed E-state index contributed by atoms with van der Waals surface area (Å²) in [6, 6.07) is 12.3. The summed E-state index contributed by atoms with van der Waals surface area (Å²) >= 11 is 3.53. The summed E-state index contributed by atoms with van der Waals surface area (Å²) in [6.45, 7) is 9.26. The molecule has 1 aliphatic rings. The summed E-state index contributed by atoms with van der Waals surface area (Å²) in [5.74, 6) is 1.44. The number of carbonyl (C=O) groups excluding carboxylic acids is 1. The van der Waals surface area contributed by atoms with Gasteiger partial charge >= 0.3 is 6.03 Å². The van der Waals surface area contributed by atoms with Gasteiger partial charge in [0.2, 0.25) is 0 Å². The summed E-state index contributed by atoms with van der Waals surface area (Å²) in [6.07, 6.45) is 2.92. The maximum absolute atomic E-state index is 12.2. The van der Waals surface area contributed by atoms with Gasteiger partial charge in [0.05, 0.1) is 0 Å². The molecule has 1 aromatic carbocycles. The molecule has 1 atom stereocenters. The van der Waals surface area contributed by atoms with E-state index in [1.165, 1.54) is 5.69 Å². The second kappa shape index (κ2) is 10.5. The third-order valence-corrected chi connectivity index (χ3v) is 5.85. The van der Waals surface area contributed by atoms with E-state index in [0.717, 1.165) is 48.5 Å². The number of amides is 2. The van der Waals surface area contributed by atoms with Gasteiger partial charge in [0.15, 0.2) is 0 Å². The fraction of sp³-hybridized carbons (Fsp3) is 0.455.